The Bertz CT molecular complexity index is 1370. The molecule has 2 aliphatic rings. The maximum absolute atomic E-state index is 13.3. The van der Waals surface area contributed by atoms with E-state index in [4.69, 9.17) is 23.2 Å². The van der Waals surface area contributed by atoms with Crippen LogP contribution in [0.2, 0.25) is 10.2 Å². The van der Waals surface area contributed by atoms with Gasteiger partial charge in [-0.1, -0.05) is 30.1 Å². The number of nitrogens with one attached hydrogen (secondary N) is 1. The molecule has 1 fully saturated rings. The molecule has 5 heterocycles. The topological polar surface area (TPSA) is 106 Å². The lowest BCUT2D eigenvalue weighted by atomic mass is 9.83. The number of aromatic nitrogens is 7. The Kier molecular flexibility index (Phi) is 4.18. The first-order valence-corrected chi connectivity index (χ1v) is 10.9. The highest BCUT2D eigenvalue weighted by Gasteiger charge is 2.52. The van der Waals surface area contributed by atoms with E-state index in [-0.39, 0.29) is 11.4 Å². The summed E-state index contributed by atoms with van der Waals surface area (Å²) in [5, 5.41) is 16.1. The number of hydrogen-bond donors (Lipinski definition) is 1. The number of hydrogen-bond acceptors (Lipinski definition) is 6. The summed E-state index contributed by atoms with van der Waals surface area (Å²) in [5.74, 6) is 0.856. The monoisotopic (exact) mass is 469 g/mol. The van der Waals surface area contributed by atoms with Gasteiger partial charge in [-0.3, -0.25) is 4.90 Å². The Morgan fingerprint density at radius 2 is 1.94 bits per heavy atom. The zero-order chi connectivity index (χ0) is 22.0. The van der Waals surface area contributed by atoms with Gasteiger partial charge in [0.05, 0.1) is 46.9 Å². The van der Waals surface area contributed by atoms with Crippen LogP contribution >= 0.6 is 23.2 Å². The summed E-state index contributed by atoms with van der Waals surface area (Å²) in [6.45, 7) is 2.70. The van der Waals surface area contributed by atoms with Crippen molar-refractivity contribution in [3.63, 3.8) is 0 Å². The van der Waals surface area contributed by atoms with E-state index in [9.17, 15) is 4.79 Å². The Morgan fingerprint density at radius 1 is 1.16 bits per heavy atom. The SMILES string of the molecule is C[C@]1(C2CC2)CN(C(=O)Nc2cnc(-n3nccn3)c(Cl)c2)c2cnc3cc(Cl)nn3c21. The minimum atomic E-state index is -0.294. The van der Waals surface area contributed by atoms with Gasteiger partial charge in [0.1, 0.15) is 0 Å². The molecule has 0 radical (unpaired) electrons. The fourth-order valence-corrected chi connectivity index (χ4v) is 4.92. The van der Waals surface area contributed by atoms with Gasteiger partial charge < -0.3 is 5.32 Å². The van der Waals surface area contributed by atoms with Crippen LogP contribution in [0, 0.1) is 5.92 Å². The molecule has 32 heavy (non-hydrogen) atoms. The van der Waals surface area contributed by atoms with Crippen molar-refractivity contribution in [3.05, 3.63) is 52.8 Å². The molecule has 0 spiro atoms. The predicted octanol–water partition coefficient (Wildman–Crippen LogP) is 3.73. The maximum atomic E-state index is 13.3. The van der Waals surface area contributed by atoms with Crippen molar-refractivity contribution in [2.45, 2.75) is 25.2 Å². The molecule has 162 valence electrons. The summed E-state index contributed by atoms with van der Waals surface area (Å²) in [6, 6.07) is 3.05. The predicted molar refractivity (Wildman–Crippen MR) is 119 cm³/mol. The normalized spacial score (nSPS) is 20.0. The van der Waals surface area contributed by atoms with Crippen LogP contribution in [0.1, 0.15) is 25.5 Å². The second-order valence-corrected chi connectivity index (χ2v) is 9.08. The van der Waals surface area contributed by atoms with Crippen molar-refractivity contribution >= 4 is 46.3 Å². The Labute approximate surface area is 192 Å². The number of rotatable bonds is 3. The second kappa shape index (κ2) is 6.88. The smallest absolute Gasteiger partial charge is 0.306 e. The summed E-state index contributed by atoms with van der Waals surface area (Å²) < 4.78 is 1.77. The van der Waals surface area contributed by atoms with E-state index in [1.165, 1.54) is 23.4 Å². The molecule has 2 amide bonds. The first-order chi connectivity index (χ1) is 15.4. The number of carbonyl (C=O) groups excluding carboxylic acids is 1. The molecular formula is C20H17Cl2N9O. The number of pyridine rings is 1. The highest BCUT2D eigenvalue weighted by molar-refractivity contribution is 6.32. The van der Waals surface area contributed by atoms with Gasteiger partial charge in [0.15, 0.2) is 16.6 Å². The summed E-state index contributed by atoms with van der Waals surface area (Å²) in [4.78, 5) is 25.1. The summed E-state index contributed by atoms with van der Waals surface area (Å²) >= 11 is 12.5. The number of urea groups is 1. The van der Waals surface area contributed by atoms with Crippen LogP contribution in [0.15, 0.2) is 36.9 Å². The summed E-state index contributed by atoms with van der Waals surface area (Å²) in [7, 11) is 0. The average Bonchev–Trinajstić information content (AvgIpc) is 3.21. The maximum Gasteiger partial charge on any atom is 0.326 e. The molecule has 4 aromatic heterocycles. The molecule has 0 saturated heterocycles. The van der Waals surface area contributed by atoms with Crippen LogP contribution in [-0.2, 0) is 5.41 Å². The van der Waals surface area contributed by atoms with Crippen LogP contribution in [0.4, 0.5) is 16.2 Å². The van der Waals surface area contributed by atoms with Crippen LogP contribution < -0.4 is 10.2 Å². The molecule has 1 aliphatic carbocycles. The molecule has 10 nitrogen and oxygen atoms in total. The molecule has 1 N–H and O–H groups in total. The van der Waals surface area contributed by atoms with E-state index in [2.05, 4.69) is 37.5 Å². The van der Waals surface area contributed by atoms with Crippen LogP contribution in [0.3, 0.4) is 0 Å². The van der Waals surface area contributed by atoms with Crippen LogP contribution in [0.25, 0.3) is 11.5 Å². The van der Waals surface area contributed by atoms with E-state index < -0.39 is 0 Å². The largest absolute Gasteiger partial charge is 0.326 e. The minimum Gasteiger partial charge on any atom is -0.306 e. The van der Waals surface area contributed by atoms with Crippen LogP contribution in [0.5, 0.6) is 0 Å². The number of nitrogens with zero attached hydrogens (tertiary/aromatic N) is 8. The van der Waals surface area contributed by atoms with Crippen molar-refractivity contribution in [1.29, 1.82) is 0 Å². The molecular weight excluding hydrogens is 453 g/mol. The van der Waals surface area contributed by atoms with Gasteiger partial charge >= 0.3 is 6.03 Å². The highest BCUT2D eigenvalue weighted by atomic mass is 35.5. The quantitative estimate of drug-likeness (QED) is 0.489. The first kappa shape index (κ1) is 19.4. The number of fused-ring (bicyclic) bond motifs is 3. The van der Waals surface area contributed by atoms with Gasteiger partial charge in [0.25, 0.3) is 0 Å². The molecule has 12 heteroatoms. The van der Waals surface area contributed by atoms with E-state index in [0.717, 1.165) is 24.2 Å². The van der Waals surface area contributed by atoms with Crippen molar-refractivity contribution in [2.75, 3.05) is 16.8 Å². The molecule has 0 aromatic carbocycles. The molecule has 1 saturated carbocycles. The van der Waals surface area contributed by atoms with Crippen molar-refractivity contribution in [3.8, 4) is 5.82 Å². The lowest BCUT2D eigenvalue weighted by Gasteiger charge is -2.25. The van der Waals surface area contributed by atoms with Gasteiger partial charge in [-0.15, -0.1) is 4.80 Å². The molecule has 0 unspecified atom stereocenters. The number of carbonyl (C=O) groups is 1. The van der Waals surface area contributed by atoms with E-state index >= 15 is 0 Å². The van der Waals surface area contributed by atoms with Crippen LogP contribution in [-0.4, -0.2) is 47.2 Å². The number of anilines is 2. The second-order valence-electron chi connectivity index (χ2n) is 8.29. The molecule has 0 bridgehead atoms. The van der Waals surface area contributed by atoms with Gasteiger partial charge in [0, 0.05) is 18.0 Å². The van der Waals surface area contributed by atoms with Crippen molar-refractivity contribution < 1.29 is 4.79 Å². The van der Waals surface area contributed by atoms with Gasteiger partial charge in [-0.25, -0.2) is 19.3 Å². The standard InChI is InChI=1S/C20H17Cl2N9O/c1-20(11-2-3-11)10-29(14-9-23-16-7-15(22)28-30(16)17(14)20)19(32)27-12-6-13(21)18(24-8-12)31-25-4-5-26-31/h4-9,11H,2-3,10H2,1H3,(H,27,32)/t20-/m1/s1. The third-order valence-corrected chi connectivity index (χ3v) is 6.62. The Morgan fingerprint density at radius 3 is 2.66 bits per heavy atom. The van der Waals surface area contributed by atoms with Crippen molar-refractivity contribution in [2.24, 2.45) is 5.92 Å². The highest BCUT2D eigenvalue weighted by Crippen LogP contribution is 2.53. The summed E-state index contributed by atoms with van der Waals surface area (Å²) in [5.41, 5.74) is 2.58. The van der Waals surface area contributed by atoms with Gasteiger partial charge in [-0.2, -0.15) is 15.3 Å². The zero-order valence-corrected chi connectivity index (χ0v) is 18.4. The lowest BCUT2D eigenvalue weighted by molar-refractivity contribution is 0.255. The third kappa shape index (κ3) is 2.94. The van der Waals surface area contributed by atoms with E-state index in [0.29, 0.717) is 39.8 Å². The van der Waals surface area contributed by atoms with E-state index in [1.54, 1.807) is 27.7 Å². The first-order valence-electron chi connectivity index (χ1n) is 10.1. The Hall–Kier alpha value is -3.24. The molecule has 6 rings (SSSR count). The lowest BCUT2D eigenvalue weighted by Crippen LogP contribution is -2.39. The third-order valence-electron chi connectivity index (χ3n) is 6.16. The minimum absolute atomic E-state index is 0.241. The van der Waals surface area contributed by atoms with E-state index in [1.807, 2.05) is 0 Å². The number of amides is 2. The molecule has 4 aromatic rings. The molecule has 1 aliphatic heterocycles. The number of halogens is 2. The Balaban J connectivity index is 1.34. The summed E-state index contributed by atoms with van der Waals surface area (Å²) in [6.07, 6.45) is 8.54. The average molecular weight is 470 g/mol. The fraction of sp³-hybridized carbons (Fsp3) is 0.300. The fourth-order valence-electron chi connectivity index (χ4n) is 4.50. The van der Waals surface area contributed by atoms with Crippen molar-refractivity contribution in [1.82, 2.24) is 34.6 Å². The van der Waals surface area contributed by atoms with Gasteiger partial charge in [-0.05, 0) is 24.8 Å². The zero-order valence-electron chi connectivity index (χ0n) is 16.9. The van der Waals surface area contributed by atoms with Gasteiger partial charge in [0.2, 0.25) is 0 Å². The molecule has 1 atom stereocenters.